The Kier molecular flexibility index (Phi) is 3.70. The summed E-state index contributed by atoms with van der Waals surface area (Å²) in [4.78, 5) is 19.1. The third-order valence-electron chi connectivity index (χ3n) is 1.85. The highest BCUT2D eigenvalue weighted by Crippen LogP contribution is 2.26. The van der Waals surface area contributed by atoms with E-state index in [0.29, 0.717) is 5.16 Å². The summed E-state index contributed by atoms with van der Waals surface area (Å²) < 4.78 is 0.811. The maximum absolute atomic E-state index is 10.5. The highest BCUT2D eigenvalue weighted by atomic mass is 79.9. The zero-order valence-electron chi connectivity index (χ0n) is 8.41. The molecule has 5 nitrogen and oxygen atoms in total. The number of hydrogen-bond acceptors (Lipinski definition) is 5. The first-order valence-corrected chi connectivity index (χ1v) is 6.16. The van der Waals surface area contributed by atoms with Crippen LogP contribution in [-0.2, 0) is 0 Å². The molecule has 2 aromatic rings. The van der Waals surface area contributed by atoms with Gasteiger partial charge in [0.25, 0.3) is 5.69 Å². The molecule has 1 aromatic carbocycles. The van der Waals surface area contributed by atoms with E-state index in [1.54, 1.807) is 24.5 Å². The van der Waals surface area contributed by atoms with Crippen molar-refractivity contribution in [2.45, 2.75) is 10.1 Å². The van der Waals surface area contributed by atoms with Crippen molar-refractivity contribution < 1.29 is 4.92 Å². The van der Waals surface area contributed by atoms with E-state index in [1.807, 2.05) is 0 Å². The van der Waals surface area contributed by atoms with Crippen LogP contribution in [0.4, 0.5) is 5.69 Å². The number of halogens is 1. The van der Waals surface area contributed by atoms with Crippen LogP contribution in [0, 0.1) is 10.1 Å². The van der Waals surface area contributed by atoms with E-state index in [2.05, 4.69) is 25.9 Å². The molecule has 1 heterocycles. The van der Waals surface area contributed by atoms with Crippen molar-refractivity contribution in [2.24, 2.45) is 0 Å². The van der Waals surface area contributed by atoms with Gasteiger partial charge in [0.15, 0.2) is 5.16 Å². The topological polar surface area (TPSA) is 68.9 Å². The second-order valence-electron chi connectivity index (χ2n) is 3.04. The van der Waals surface area contributed by atoms with Gasteiger partial charge in [-0.25, -0.2) is 9.97 Å². The van der Waals surface area contributed by atoms with Gasteiger partial charge in [0.2, 0.25) is 0 Å². The van der Waals surface area contributed by atoms with Crippen LogP contribution in [0.25, 0.3) is 0 Å². The average molecular weight is 312 g/mol. The van der Waals surface area contributed by atoms with Gasteiger partial charge in [-0.15, -0.1) is 0 Å². The fraction of sp³-hybridized carbons (Fsp3) is 0. The van der Waals surface area contributed by atoms with Gasteiger partial charge in [0, 0.05) is 29.4 Å². The van der Waals surface area contributed by atoms with E-state index < -0.39 is 4.92 Å². The number of nitrogens with zero attached hydrogens (tertiary/aromatic N) is 3. The maximum atomic E-state index is 10.5. The summed E-state index contributed by atoms with van der Waals surface area (Å²) in [5.74, 6) is 0. The SMILES string of the molecule is O=[N+]([O-])c1ccc(Sc2ncc(Br)cn2)cc1. The molecule has 0 fully saturated rings. The van der Waals surface area contributed by atoms with Crippen LogP contribution in [0.1, 0.15) is 0 Å². The van der Waals surface area contributed by atoms with Gasteiger partial charge in [0.1, 0.15) is 0 Å². The number of non-ortho nitro benzene ring substituents is 1. The van der Waals surface area contributed by atoms with E-state index in [9.17, 15) is 10.1 Å². The summed E-state index contributed by atoms with van der Waals surface area (Å²) in [5.41, 5.74) is 0.0751. The molecule has 0 aliphatic carbocycles. The van der Waals surface area contributed by atoms with Gasteiger partial charge in [-0.3, -0.25) is 10.1 Å². The first-order chi connectivity index (χ1) is 8.15. The lowest BCUT2D eigenvalue weighted by Gasteiger charge is -1.99. The Bertz CT molecular complexity index is 530. The first kappa shape index (κ1) is 12.0. The Morgan fingerprint density at radius 2 is 1.76 bits per heavy atom. The summed E-state index contributed by atoms with van der Waals surface area (Å²) in [7, 11) is 0. The smallest absolute Gasteiger partial charge is 0.258 e. The Morgan fingerprint density at radius 3 is 2.29 bits per heavy atom. The lowest BCUT2D eigenvalue weighted by molar-refractivity contribution is -0.384. The predicted molar refractivity (Wildman–Crippen MR) is 67.0 cm³/mol. The Balaban J connectivity index is 2.13. The quantitative estimate of drug-likeness (QED) is 0.494. The molecule has 0 radical (unpaired) electrons. The van der Waals surface area contributed by atoms with Crippen LogP contribution in [-0.4, -0.2) is 14.9 Å². The fourth-order valence-corrected chi connectivity index (χ4v) is 1.99. The molecule has 1 aromatic heterocycles. The van der Waals surface area contributed by atoms with Crippen LogP contribution in [0.2, 0.25) is 0 Å². The number of rotatable bonds is 3. The average Bonchev–Trinajstić information content (AvgIpc) is 2.33. The Hall–Kier alpha value is -1.47. The Labute approximate surface area is 110 Å². The van der Waals surface area contributed by atoms with Crippen LogP contribution in [0.3, 0.4) is 0 Å². The lowest BCUT2D eigenvalue weighted by Crippen LogP contribution is -1.87. The van der Waals surface area contributed by atoms with Crippen molar-refractivity contribution in [2.75, 3.05) is 0 Å². The van der Waals surface area contributed by atoms with Crippen molar-refractivity contribution in [1.29, 1.82) is 0 Å². The van der Waals surface area contributed by atoms with Crippen LogP contribution in [0.5, 0.6) is 0 Å². The zero-order valence-corrected chi connectivity index (χ0v) is 10.8. The second kappa shape index (κ2) is 5.24. The number of nitro benzene ring substituents is 1. The van der Waals surface area contributed by atoms with E-state index in [4.69, 9.17) is 0 Å². The first-order valence-electron chi connectivity index (χ1n) is 4.55. The summed E-state index contributed by atoms with van der Waals surface area (Å²) in [5, 5.41) is 11.1. The van der Waals surface area contributed by atoms with Crippen molar-refractivity contribution in [3.63, 3.8) is 0 Å². The highest BCUT2D eigenvalue weighted by molar-refractivity contribution is 9.10. The molecule has 0 spiro atoms. The molecule has 0 aliphatic heterocycles. The van der Waals surface area contributed by atoms with Crippen molar-refractivity contribution >= 4 is 33.4 Å². The van der Waals surface area contributed by atoms with E-state index >= 15 is 0 Å². The summed E-state index contributed by atoms with van der Waals surface area (Å²) in [6, 6.07) is 6.27. The van der Waals surface area contributed by atoms with E-state index in [1.165, 1.54) is 23.9 Å². The van der Waals surface area contributed by atoms with Gasteiger partial charge >= 0.3 is 0 Å². The molecule has 17 heavy (non-hydrogen) atoms. The van der Waals surface area contributed by atoms with Crippen LogP contribution >= 0.6 is 27.7 Å². The summed E-state index contributed by atoms with van der Waals surface area (Å²) >= 11 is 4.60. The summed E-state index contributed by atoms with van der Waals surface area (Å²) in [6.07, 6.45) is 3.31. The van der Waals surface area contributed by atoms with Crippen molar-refractivity contribution in [1.82, 2.24) is 9.97 Å². The number of aromatic nitrogens is 2. The molecule has 0 N–H and O–H groups in total. The van der Waals surface area contributed by atoms with E-state index in [0.717, 1.165) is 9.37 Å². The maximum Gasteiger partial charge on any atom is 0.269 e. The normalized spacial score (nSPS) is 10.2. The molecule has 0 saturated heterocycles. The Morgan fingerprint density at radius 1 is 1.18 bits per heavy atom. The lowest BCUT2D eigenvalue weighted by atomic mass is 10.3. The fourth-order valence-electron chi connectivity index (χ4n) is 1.09. The number of benzene rings is 1. The van der Waals surface area contributed by atoms with Gasteiger partial charge in [-0.05, 0) is 39.8 Å². The monoisotopic (exact) mass is 311 g/mol. The molecule has 86 valence electrons. The van der Waals surface area contributed by atoms with Gasteiger partial charge in [-0.1, -0.05) is 0 Å². The minimum Gasteiger partial charge on any atom is -0.258 e. The molecule has 2 rings (SSSR count). The molecular weight excluding hydrogens is 306 g/mol. The second-order valence-corrected chi connectivity index (χ2v) is 4.99. The van der Waals surface area contributed by atoms with E-state index in [-0.39, 0.29) is 5.69 Å². The molecule has 0 amide bonds. The van der Waals surface area contributed by atoms with Gasteiger partial charge < -0.3 is 0 Å². The highest BCUT2D eigenvalue weighted by Gasteiger charge is 2.05. The molecule has 0 unspecified atom stereocenters. The van der Waals surface area contributed by atoms with Crippen LogP contribution < -0.4 is 0 Å². The third kappa shape index (κ3) is 3.24. The molecule has 0 atom stereocenters. The summed E-state index contributed by atoms with van der Waals surface area (Å²) in [6.45, 7) is 0. The molecule has 0 aliphatic rings. The van der Waals surface area contributed by atoms with Crippen LogP contribution in [0.15, 0.2) is 51.2 Å². The molecular formula is C10H6BrN3O2S. The number of hydrogen-bond donors (Lipinski definition) is 0. The standard InChI is InChI=1S/C10H6BrN3O2S/c11-7-5-12-10(13-6-7)17-9-3-1-8(2-4-9)14(15)16/h1-6H. The minimum atomic E-state index is -0.426. The zero-order chi connectivity index (χ0) is 12.3. The van der Waals surface area contributed by atoms with Crippen molar-refractivity contribution in [3.8, 4) is 0 Å². The molecule has 0 saturated carbocycles. The molecule has 0 bridgehead atoms. The molecule has 7 heteroatoms. The van der Waals surface area contributed by atoms with Gasteiger partial charge in [-0.2, -0.15) is 0 Å². The van der Waals surface area contributed by atoms with Crippen molar-refractivity contribution in [3.05, 3.63) is 51.2 Å². The predicted octanol–water partition coefficient (Wildman–Crippen LogP) is 3.30. The third-order valence-corrected chi connectivity index (χ3v) is 3.16. The largest absolute Gasteiger partial charge is 0.269 e. The minimum absolute atomic E-state index is 0.0751. The number of nitro groups is 1. The van der Waals surface area contributed by atoms with Gasteiger partial charge in [0.05, 0.1) is 9.40 Å².